The maximum absolute atomic E-state index is 13.4. The summed E-state index contributed by atoms with van der Waals surface area (Å²) in [5, 5.41) is 3.15. The zero-order valence-corrected chi connectivity index (χ0v) is 10.4. The Labute approximate surface area is 106 Å². The molecule has 0 bridgehead atoms. The zero-order valence-electron chi connectivity index (χ0n) is 8.05. The number of nitrogens with zero attached hydrogens (tertiary/aromatic N) is 1. The molecule has 0 radical (unpaired) electrons. The van der Waals surface area contributed by atoms with Crippen molar-refractivity contribution in [1.82, 2.24) is 4.98 Å². The number of aromatic nitrogens is 1. The molecule has 0 saturated heterocycles. The summed E-state index contributed by atoms with van der Waals surface area (Å²) >= 11 is 8.97. The van der Waals surface area contributed by atoms with E-state index in [1.54, 1.807) is 0 Å². The molecular formula is C11H7BrClFN2. The topological polar surface area (TPSA) is 24.9 Å². The highest BCUT2D eigenvalue weighted by Gasteiger charge is 2.06. The molecule has 2 rings (SSSR count). The third kappa shape index (κ3) is 2.51. The van der Waals surface area contributed by atoms with E-state index in [0.29, 0.717) is 0 Å². The third-order valence-corrected chi connectivity index (χ3v) is 2.83. The van der Waals surface area contributed by atoms with Crippen LogP contribution in [0.2, 0.25) is 5.02 Å². The maximum Gasteiger partial charge on any atom is 0.167 e. The summed E-state index contributed by atoms with van der Waals surface area (Å²) in [6, 6.07) is 8.62. The number of rotatable bonds is 2. The van der Waals surface area contributed by atoms with Gasteiger partial charge in [0.05, 0.1) is 10.7 Å². The minimum atomic E-state index is -0.483. The molecule has 1 N–H and O–H groups in total. The van der Waals surface area contributed by atoms with E-state index in [1.807, 2.05) is 24.3 Å². The van der Waals surface area contributed by atoms with Crippen LogP contribution < -0.4 is 5.32 Å². The van der Waals surface area contributed by atoms with E-state index in [9.17, 15) is 4.39 Å². The van der Waals surface area contributed by atoms with Gasteiger partial charge in [-0.25, -0.2) is 9.37 Å². The minimum Gasteiger partial charge on any atom is -0.337 e. The highest BCUT2D eigenvalue weighted by molar-refractivity contribution is 9.10. The van der Waals surface area contributed by atoms with Gasteiger partial charge in [0.1, 0.15) is 0 Å². The van der Waals surface area contributed by atoms with Crippen molar-refractivity contribution < 1.29 is 4.39 Å². The van der Waals surface area contributed by atoms with Crippen molar-refractivity contribution in [3.63, 3.8) is 0 Å². The number of anilines is 2. The molecule has 0 spiro atoms. The van der Waals surface area contributed by atoms with Crippen LogP contribution >= 0.6 is 27.5 Å². The first-order chi connectivity index (χ1) is 7.66. The Balaban J connectivity index is 2.31. The maximum atomic E-state index is 13.4. The monoisotopic (exact) mass is 300 g/mol. The molecule has 0 aliphatic carbocycles. The Morgan fingerprint density at radius 2 is 2.06 bits per heavy atom. The van der Waals surface area contributed by atoms with Gasteiger partial charge >= 0.3 is 0 Å². The lowest BCUT2D eigenvalue weighted by Gasteiger charge is -2.08. The summed E-state index contributed by atoms with van der Waals surface area (Å²) in [7, 11) is 0. The lowest BCUT2D eigenvalue weighted by Crippen LogP contribution is -1.97. The van der Waals surface area contributed by atoms with Crippen LogP contribution in [-0.4, -0.2) is 4.98 Å². The predicted molar refractivity (Wildman–Crippen MR) is 66.6 cm³/mol. The molecule has 5 heteroatoms. The number of benzene rings is 1. The van der Waals surface area contributed by atoms with Crippen LogP contribution in [0.25, 0.3) is 0 Å². The van der Waals surface area contributed by atoms with Crippen LogP contribution in [0, 0.1) is 5.82 Å². The van der Waals surface area contributed by atoms with Crippen molar-refractivity contribution in [2.45, 2.75) is 0 Å². The fourth-order valence-corrected chi connectivity index (χ4v) is 1.73. The van der Waals surface area contributed by atoms with E-state index >= 15 is 0 Å². The Kier molecular flexibility index (Phi) is 3.41. The van der Waals surface area contributed by atoms with Gasteiger partial charge in [0, 0.05) is 10.7 Å². The summed E-state index contributed by atoms with van der Waals surface area (Å²) in [5.74, 6) is -0.334. The molecule has 2 nitrogen and oxygen atoms in total. The molecule has 1 aromatic heterocycles. The Hall–Kier alpha value is -1.13. The molecule has 82 valence electrons. The summed E-state index contributed by atoms with van der Waals surface area (Å²) < 4.78 is 14.3. The second-order valence-electron chi connectivity index (χ2n) is 3.09. The van der Waals surface area contributed by atoms with E-state index in [1.165, 1.54) is 12.3 Å². The van der Waals surface area contributed by atoms with Gasteiger partial charge in [-0.15, -0.1) is 0 Å². The molecule has 1 aromatic carbocycles. The molecule has 0 atom stereocenters. The standard InChI is InChI=1S/C11H7BrClFN2/c12-8-3-1-2-4-10(8)16-11-9(14)5-7(13)6-15-11/h1-6H,(H,15,16). The first kappa shape index (κ1) is 11.4. The summed E-state index contributed by atoms with van der Waals surface area (Å²) in [4.78, 5) is 3.88. The lowest BCUT2D eigenvalue weighted by molar-refractivity contribution is 0.626. The molecule has 1 heterocycles. The first-order valence-corrected chi connectivity index (χ1v) is 5.66. The lowest BCUT2D eigenvalue weighted by atomic mass is 10.3. The van der Waals surface area contributed by atoms with Crippen molar-refractivity contribution in [2.24, 2.45) is 0 Å². The zero-order chi connectivity index (χ0) is 11.5. The predicted octanol–water partition coefficient (Wildman–Crippen LogP) is 4.38. The number of hydrogen-bond acceptors (Lipinski definition) is 2. The van der Waals surface area contributed by atoms with Crippen LogP contribution in [-0.2, 0) is 0 Å². The van der Waals surface area contributed by atoms with E-state index in [0.717, 1.165) is 10.2 Å². The molecule has 2 aromatic rings. The normalized spacial score (nSPS) is 10.2. The highest BCUT2D eigenvalue weighted by atomic mass is 79.9. The Morgan fingerprint density at radius 3 is 2.75 bits per heavy atom. The van der Waals surface area contributed by atoms with Crippen molar-refractivity contribution in [3.8, 4) is 0 Å². The van der Waals surface area contributed by atoms with Gasteiger partial charge < -0.3 is 5.32 Å². The molecule has 0 aliphatic rings. The summed E-state index contributed by atoms with van der Waals surface area (Å²) in [6.45, 7) is 0. The van der Waals surface area contributed by atoms with Crippen LogP contribution in [0.15, 0.2) is 41.0 Å². The van der Waals surface area contributed by atoms with Crippen molar-refractivity contribution >= 4 is 39.0 Å². The number of halogens is 3. The number of nitrogens with one attached hydrogen (secondary N) is 1. The van der Waals surface area contributed by atoms with Crippen molar-refractivity contribution in [2.75, 3.05) is 5.32 Å². The SMILES string of the molecule is Fc1cc(Cl)cnc1Nc1ccccc1Br. The molecule has 16 heavy (non-hydrogen) atoms. The van der Waals surface area contributed by atoms with Crippen LogP contribution in [0.3, 0.4) is 0 Å². The molecule has 0 aliphatic heterocycles. The summed E-state index contributed by atoms with van der Waals surface area (Å²) in [6.07, 6.45) is 1.39. The van der Waals surface area contributed by atoms with Gasteiger partial charge in [-0.2, -0.15) is 0 Å². The van der Waals surface area contributed by atoms with Crippen molar-refractivity contribution in [1.29, 1.82) is 0 Å². The van der Waals surface area contributed by atoms with Gasteiger partial charge in [0.15, 0.2) is 11.6 Å². The van der Waals surface area contributed by atoms with Gasteiger partial charge in [-0.1, -0.05) is 23.7 Å². The van der Waals surface area contributed by atoms with E-state index < -0.39 is 5.82 Å². The average molecular weight is 302 g/mol. The third-order valence-electron chi connectivity index (χ3n) is 1.93. The van der Waals surface area contributed by atoms with Gasteiger partial charge in [0.25, 0.3) is 0 Å². The number of hydrogen-bond donors (Lipinski definition) is 1. The average Bonchev–Trinajstić information content (AvgIpc) is 2.25. The van der Waals surface area contributed by atoms with Crippen LogP contribution in [0.4, 0.5) is 15.9 Å². The molecule has 0 unspecified atom stereocenters. The fourth-order valence-electron chi connectivity index (χ4n) is 1.20. The van der Waals surface area contributed by atoms with Gasteiger partial charge in [-0.3, -0.25) is 0 Å². The van der Waals surface area contributed by atoms with E-state index in [2.05, 4.69) is 26.2 Å². The number of pyridine rings is 1. The highest BCUT2D eigenvalue weighted by Crippen LogP contribution is 2.26. The van der Waals surface area contributed by atoms with E-state index in [4.69, 9.17) is 11.6 Å². The Morgan fingerprint density at radius 1 is 1.31 bits per heavy atom. The largest absolute Gasteiger partial charge is 0.337 e. The minimum absolute atomic E-state index is 0.149. The van der Waals surface area contributed by atoms with Gasteiger partial charge in [0.2, 0.25) is 0 Å². The van der Waals surface area contributed by atoms with Crippen LogP contribution in [0.5, 0.6) is 0 Å². The van der Waals surface area contributed by atoms with Gasteiger partial charge in [-0.05, 0) is 34.1 Å². The molecular weight excluding hydrogens is 294 g/mol. The summed E-state index contributed by atoms with van der Waals surface area (Å²) in [5.41, 5.74) is 0.747. The second kappa shape index (κ2) is 4.80. The molecule has 0 saturated carbocycles. The molecule has 0 amide bonds. The van der Waals surface area contributed by atoms with Crippen LogP contribution in [0.1, 0.15) is 0 Å². The second-order valence-corrected chi connectivity index (χ2v) is 4.38. The Bertz CT molecular complexity index is 519. The smallest absolute Gasteiger partial charge is 0.167 e. The van der Waals surface area contributed by atoms with E-state index in [-0.39, 0.29) is 10.8 Å². The number of para-hydroxylation sites is 1. The fraction of sp³-hybridized carbons (Fsp3) is 0. The molecule has 0 fully saturated rings. The quantitative estimate of drug-likeness (QED) is 0.890. The first-order valence-electron chi connectivity index (χ1n) is 4.49. The van der Waals surface area contributed by atoms with Crippen molar-refractivity contribution in [3.05, 3.63) is 51.8 Å².